The van der Waals surface area contributed by atoms with Crippen LogP contribution in [0.15, 0.2) is 18.5 Å². The molecule has 7 heteroatoms. The summed E-state index contributed by atoms with van der Waals surface area (Å²) in [6, 6.07) is 2.68. The zero-order valence-electron chi connectivity index (χ0n) is 11.8. The zero-order valence-corrected chi connectivity index (χ0v) is 11.8. The minimum Gasteiger partial charge on any atom is -0.480 e. The van der Waals surface area contributed by atoms with Gasteiger partial charge >= 0.3 is 5.97 Å². The van der Waals surface area contributed by atoms with Gasteiger partial charge in [0.2, 0.25) is 0 Å². The number of carbonyl (C=O) groups is 2. The number of hydrogen-bond donors (Lipinski definition) is 2. The molecule has 3 rings (SSSR count). The molecule has 2 N–H and O–H groups in total. The third-order valence-electron chi connectivity index (χ3n) is 4.04. The number of H-pyrrole nitrogens is 1. The molecule has 21 heavy (non-hydrogen) atoms. The molecule has 2 aromatic heterocycles. The second-order valence-electron chi connectivity index (χ2n) is 5.24. The van der Waals surface area contributed by atoms with Crippen molar-refractivity contribution in [2.24, 2.45) is 7.05 Å². The van der Waals surface area contributed by atoms with Gasteiger partial charge in [-0.3, -0.25) is 4.79 Å². The lowest BCUT2D eigenvalue weighted by Gasteiger charge is -2.32. The van der Waals surface area contributed by atoms with Gasteiger partial charge in [0, 0.05) is 19.2 Å². The predicted molar refractivity (Wildman–Crippen MR) is 73.7 cm³/mol. The third-order valence-corrected chi connectivity index (χ3v) is 4.04. The van der Waals surface area contributed by atoms with E-state index in [9.17, 15) is 14.7 Å². The van der Waals surface area contributed by atoms with Gasteiger partial charge in [-0.2, -0.15) is 0 Å². The van der Waals surface area contributed by atoms with E-state index in [4.69, 9.17) is 0 Å². The van der Waals surface area contributed by atoms with Gasteiger partial charge in [0.25, 0.3) is 5.91 Å². The summed E-state index contributed by atoms with van der Waals surface area (Å²) in [5, 5.41) is 9.40. The largest absolute Gasteiger partial charge is 0.480 e. The molecule has 2 aromatic rings. The smallest absolute Gasteiger partial charge is 0.326 e. The maximum atomic E-state index is 12.7. The van der Waals surface area contributed by atoms with Gasteiger partial charge in [0.1, 0.15) is 11.7 Å². The Balaban J connectivity index is 1.97. The number of nitrogens with zero attached hydrogens (tertiary/aromatic N) is 3. The van der Waals surface area contributed by atoms with E-state index in [1.807, 2.05) is 13.0 Å². The highest BCUT2D eigenvalue weighted by atomic mass is 16.4. The quantitative estimate of drug-likeness (QED) is 0.851. The highest BCUT2D eigenvalue weighted by molar-refractivity contribution is 5.95. The fraction of sp³-hybridized carbons (Fsp3) is 0.357. The fourth-order valence-electron chi connectivity index (χ4n) is 2.65. The highest BCUT2D eigenvalue weighted by Gasteiger charge is 2.37. The Kier molecular flexibility index (Phi) is 3.04. The first kappa shape index (κ1) is 13.4. The summed E-state index contributed by atoms with van der Waals surface area (Å²) in [6.45, 7) is 2.13. The number of carbonyl (C=O) groups excluding carboxylic acids is 1. The number of aryl methyl sites for hydroxylation is 1. The molecule has 1 atom stereocenters. The number of aromatic amines is 1. The van der Waals surface area contributed by atoms with Crippen LogP contribution in [-0.2, 0) is 24.8 Å². The van der Waals surface area contributed by atoms with E-state index in [0.717, 1.165) is 17.1 Å². The molecule has 7 nitrogen and oxygen atoms in total. The minimum atomic E-state index is -1.01. The van der Waals surface area contributed by atoms with Crippen molar-refractivity contribution in [2.75, 3.05) is 0 Å². The van der Waals surface area contributed by atoms with Crippen molar-refractivity contribution < 1.29 is 14.7 Å². The Morgan fingerprint density at radius 1 is 1.43 bits per heavy atom. The van der Waals surface area contributed by atoms with Crippen LogP contribution in [0, 0.1) is 6.92 Å². The van der Waals surface area contributed by atoms with E-state index in [2.05, 4.69) is 9.97 Å². The van der Waals surface area contributed by atoms with Crippen molar-refractivity contribution in [3.8, 4) is 0 Å². The number of nitrogens with one attached hydrogen (secondary N) is 1. The number of rotatable bonds is 2. The predicted octanol–water partition coefficient (Wildman–Crippen LogP) is 0.708. The molecule has 0 bridgehead atoms. The Morgan fingerprint density at radius 3 is 2.81 bits per heavy atom. The van der Waals surface area contributed by atoms with Crippen molar-refractivity contribution >= 4 is 11.9 Å². The number of amides is 1. The average molecular weight is 288 g/mol. The zero-order chi connectivity index (χ0) is 15.1. The van der Waals surface area contributed by atoms with Crippen LogP contribution in [0.3, 0.4) is 0 Å². The summed E-state index contributed by atoms with van der Waals surface area (Å²) in [7, 11) is 1.80. The summed E-state index contributed by atoms with van der Waals surface area (Å²) in [4.78, 5) is 32.6. The lowest BCUT2D eigenvalue weighted by Crippen LogP contribution is -2.49. The fourth-order valence-corrected chi connectivity index (χ4v) is 2.65. The summed E-state index contributed by atoms with van der Waals surface area (Å²) in [5.74, 6) is -1.29. The van der Waals surface area contributed by atoms with Gasteiger partial charge in [-0.15, -0.1) is 0 Å². The van der Waals surface area contributed by atoms with Crippen LogP contribution in [0.1, 0.15) is 27.6 Å². The Bertz CT molecular complexity index is 716. The molecule has 0 radical (unpaired) electrons. The monoisotopic (exact) mass is 288 g/mol. The number of fused-ring (bicyclic) bond motifs is 1. The van der Waals surface area contributed by atoms with E-state index < -0.39 is 12.0 Å². The van der Waals surface area contributed by atoms with Crippen LogP contribution in [0.25, 0.3) is 0 Å². The molecule has 0 spiro atoms. The number of carboxylic acid groups (broad SMARTS) is 1. The number of aromatic nitrogens is 3. The molecular formula is C14H16N4O3. The summed E-state index contributed by atoms with van der Waals surface area (Å²) < 4.78 is 1.77. The standard InChI is InChI=1S/C14H16N4O3/c1-8-3-4-11(17(8)2)13(19)18-6-10-9(15-7-16-10)5-12(18)14(20)21/h3-4,7,12H,5-6H2,1-2H3,(H,15,16)(H,20,21). The maximum absolute atomic E-state index is 12.7. The Hall–Kier alpha value is -2.57. The van der Waals surface area contributed by atoms with E-state index in [0.29, 0.717) is 5.69 Å². The average Bonchev–Trinajstić information content (AvgIpc) is 3.04. The van der Waals surface area contributed by atoms with Gasteiger partial charge in [-0.25, -0.2) is 9.78 Å². The van der Waals surface area contributed by atoms with Crippen molar-refractivity contribution in [1.29, 1.82) is 0 Å². The third kappa shape index (κ3) is 2.10. The first-order chi connectivity index (χ1) is 9.99. The highest BCUT2D eigenvalue weighted by Crippen LogP contribution is 2.23. The van der Waals surface area contributed by atoms with Crippen LogP contribution >= 0.6 is 0 Å². The van der Waals surface area contributed by atoms with Gasteiger partial charge in [-0.1, -0.05) is 0 Å². The van der Waals surface area contributed by atoms with E-state index >= 15 is 0 Å². The van der Waals surface area contributed by atoms with Crippen LogP contribution in [-0.4, -0.2) is 42.5 Å². The van der Waals surface area contributed by atoms with Crippen LogP contribution < -0.4 is 0 Å². The van der Waals surface area contributed by atoms with Gasteiger partial charge in [-0.05, 0) is 19.1 Å². The number of carboxylic acids is 1. The van der Waals surface area contributed by atoms with Crippen molar-refractivity contribution in [2.45, 2.75) is 25.9 Å². The lowest BCUT2D eigenvalue weighted by molar-refractivity contribution is -0.142. The first-order valence-electron chi connectivity index (χ1n) is 6.66. The van der Waals surface area contributed by atoms with Crippen LogP contribution in [0.2, 0.25) is 0 Å². The molecule has 1 aliphatic rings. The molecule has 0 fully saturated rings. The van der Waals surface area contributed by atoms with Crippen molar-refractivity contribution in [1.82, 2.24) is 19.4 Å². The molecule has 0 saturated heterocycles. The Morgan fingerprint density at radius 2 is 2.19 bits per heavy atom. The summed E-state index contributed by atoms with van der Waals surface area (Å²) >= 11 is 0. The molecular weight excluding hydrogens is 272 g/mol. The molecule has 1 amide bonds. The summed E-state index contributed by atoms with van der Waals surface area (Å²) in [6.07, 6.45) is 1.76. The normalized spacial score (nSPS) is 17.6. The van der Waals surface area contributed by atoms with Gasteiger partial charge in [0.05, 0.1) is 24.3 Å². The van der Waals surface area contributed by atoms with Crippen molar-refractivity contribution in [3.63, 3.8) is 0 Å². The number of imidazole rings is 1. The van der Waals surface area contributed by atoms with E-state index in [-0.39, 0.29) is 18.9 Å². The number of hydrogen-bond acceptors (Lipinski definition) is 3. The maximum Gasteiger partial charge on any atom is 0.326 e. The molecule has 3 heterocycles. The second-order valence-corrected chi connectivity index (χ2v) is 5.24. The number of aliphatic carboxylic acids is 1. The molecule has 110 valence electrons. The molecule has 0 saturated carbocycles. The lowest BCUT2D eigenvalue weighted by atomic mass is 10.0. The van der Waals surface area contributed by atoms with Crippen LogP contribution in [0.5, 0.6) is 0 Å². The van der Waals surface area contributed by atoms with E-state index in [1.54, 1.807) is 17.7 Å². The van der Waals surface area contributed by atoms with Gasteiger partial charge < -0.3 is 19.6 Å². The Labute approximate surface area is 121 Å². The van der Waals surface area contributed by atoms with Crippen molar-refractivity contribution in [3.05, 3.63) is 41.2 Å². The van der Waals surface area contributed by atoms with Gasteiger partial charge in [0.15, 0.2) is 0 Å². The van der Waals surface area contributed by atoms with Crippen LogP contribution in [0.4, 0.5) is 0 Å². The summed E-state index contributed by atoms with van der Waals surface area (Å²) in [5.41, 5.74) is 2.95. The first-order valence-corrected chi connectivity index (χ1v) is 6.66. The van der Waals surface area contributed by atoms with E-state index in [1.165, 1.54) is 11.2 Å². The minimum absolute atomic E-state index is 0.226. The SMILES string of the molecule is Cc1ccc(C(=O)N2Cc3[nH]cnc3CC2C(=O)O)n1C. The molecule has 0 aromatic carbocycles. The topological polar surface area (TPSA) is 91.2 Å². The second kappa shape index (κ2) is 4.76. The molecule has 1 aliphatic heterocycles. The molecule has 0 aliphatic carbocycles. The molecule has 1 unspecified atom stereocenters.